The molecule has 2 heterocycles. The maximum atomic E-state index is 12.5. The average Bonchev–Trinajstić information content (AvgIpc) is 3.23. The molecule has 0 radical (unpaired) electrons. The highest BCUT2D eigenvalue weighted by Crippen LogP contribution is 2.38. The van der Waals surface area contributed by atoms with E-state index in [0.717, 1.165) is 55.2 Å². The predicted octanol–water partition coefficient (Wildman–Crippen LogP) is 4.14. The van der Waals surface area contributed by atoms with Gasteiger partial charge in [-0.1, -0.05) is 43.6 Å². The van der Waals surface area contributed by atoms with E-state index in [1.165, 1.54) is 21.8 Å². The van der Waals surface area contributed by atoms with E-state index in [-0.39, 0.29) is 42.5 Å². The first-order valence-corrected chi connectivity index (χ1v) is 11.4. The standard InChI is InChI=1S/C22H27N3O3S/c1-2-3-6-14-9-10-17-18(13-14)29-22(23-17)24-19(26)11-12-25-20(27)15-7-4-5-8-16(15)21(25)28/h9-10,13,15-16H,2-8,11-12H2,1H3,(H,23,24,26)/t15-,16+. The topological polar surface area (TPSA) is 79.4 Å². The molecule has 0 unspecified atom stereocenters. The number of aryl methyl sites for hydroxylation is 1. The Labute approximate surface area is 174 Å². The summed E-state index contributed by atoms with van der Waals surface area (Å²) in [7, 11) is 0. The monoisotopic (exact) mass is 413 g/mol. The van der Waals surface area contributed by atoms with Crippen LogP contribution < -0.4 is 5.32 Å². The highest BCUT2D eigenvalue weighted by Gasteiger charge is 2.47. The third-order valence-electron chi connectivity index (χ3n) is 6.01. The van der Waals surface area contributed by atoms with Crippen LogP contribution in [0.2, 0.25) is 0 Å². The third kappa shape index (κ3) is 4.20. The largest absolute Gasteiger partial charge is 0.302 e. The minimum absolute atomic E-state index is 0.0907. The fourth-order valence-electron chi connectivity index (χ4n) is 4.41. The Bertz CT molecular complexity index is 915. The molecule has 154 valence electrons. The van der Waals surface area contributed by atoms with E-state index < -0.39 is 0 Å². The fourth-order valence-corrected chi connectivity index (χ4v) is 5.35. The maximum Gasteiger partial charge on any atom is 0.233 e. The van der Waals surface area contributed by atoms with Crippen LogP contribution in [0.3, 0.4) is 0 Å². The van der Waals surface area contributed by atoms with Crippen molar-refractivity contribution in [2.75, 3.05) is 11.9 Å². The summed E-state index contributed by atoms with van der Waals surface area (Å²) < 4.78 is 1.06. The molecule has 0 bridgehead atoms. The number of unbranched alkanes of at least 4 members (excludes halogenated alkanes) is 1. The van der Waals surface area contributed by atoms with Crippen LogP contribution in [-0.2, 0) is 20.8 Å². The van der Waals surface area contributed by atoms with Gasteiger partial charge >= 0.3 is 0 Å². The number of fused-ring (bicyclic) bond motifs is 2. The minimum Gasteiger partial charge on any atom is -0.302 e. The summed E-state index contributed by atoms with van der Waals surface area (Å²) in [6, 6.07) is 6.23. The lowest BCUT2D eigenvalue weighted by Crippen LogP contribution is -2.34. The van der Waals surface area contributed by atoms with Crippen LogP contribution in [0.25, 0.3) is 10.2 Å². The SMILES string of the molecule is CCCCc1ccc2nc(NC(=O)CCN3C(=O)[C@H]4CCCC[C@H]4C3=O)sc2c1. The Morgan fingerprint density at radius 1 is 1.21 bits per heavy atom. The van der Waals surface area contributed by atoms with Crippen LogP contribution in [0.4, 0.5) is 5.13 Å². The summed E-state index contributed by atoms with van der Waals surface area (Å²) in [6.07, 6.45) is 7.07. The Kier molecular flexibility index (Phi) is 5.94. The summed E-state index contributed by atoms with van der Waals surface area (Å²) in [5, 5.41) is 3.39. The number of hydrogen-bond acceptors (Lipinski definition) is 5. The first-order valence-electron chi connectivity index (χ1n) is 10.6. The summed E-state index contributed by atoms with van der Waals surface area (Å²) in [6.45, 7) is 2.33. The smallest absolute Gasteiger partial charge is 0.233 e. The van der Waals surface area contributed by atoms with Gasteiger partial charge in [-0.25, -0.2) is 4.98 Å². The first kappa shape index (κ1) is 20.0. The zero-order chi connectivity index (χ0) is 20.4. The molecular formula is C22H27N3O3S. The van der Waals surface area contributed by atoms with Crippen molar-refractivity contribution in [1.29, 1.82) is 0 Å². The molecule has 3 amide bonds. The zero-order valence-electron chi connectivity index (χ0n) is 16.8. The van der Waals surface area contributed by atoms with E-state index in [1.807, 2.05) is 6.07 Å². The number of rotatable bonds is 7. The summed E-state index contributed by atoms with van der Waals surface area (Å²) in [5.74, 6) is -0.721. The fraction of sp³-hybridized carbons (Fsp3) is 0.545. The molecule has 29 heavy (non-hydrogen) atoms. The van der Waals surface area contributed by atoms with Crippen molar-refractivity contribution in [3.63, 3.8) is 0 Å². The summed E-state index contributed by atoms with van der Waals surface area (Å²) >= 11 is 1.46. The molecule has 1 saturated carbocycles. The second kappa shape index (κ2) is 8.61. The molecule has 7 heteroatoms. The number of imide groups is 1. The average molecular weight is 414 g/mol. The number of carbonyl (C=O) groups excluding carboxylic acids is 3. The number of likely N-dealkylation sites (tertiary alicyclic amines) is 1. The highest BCUT2D eigenvalue weighted by molar-refractivity contribution is 7.22. The Hall–Kier alpha value is -2.28. The second-order valence-electron chi connectivity index (χ2n) is 8.05. The Balaban J connectivity index is 1.35. The van der Waals surface area contributed by atoms with E-state index in [2.05, 4.69) is 29.4 Å². The highest BCUT2D eigenvalue weighted by atomic mass is 32.1. The quantitative estimate of drug-likeness (QED) is 0.692. The van der Waals surface area contributed by atoms with Gasteiger partial charge in [0.15, 0.2) is 5.13 Å². The lowest BCUT2D eigenvalue weighted by atomic mass is 9.81. The molecule has 2 fully saturated rings. The Morgan fingerprint density at radius 3 is 2.62 bits per heavy atom. The van der Waals surface area contributed by atoms with Crippen LogP contribution in [-0.4, -0.2) is 34.2 Å². The van der Waals surface area contributed by atoms with Gasteiger partial charge in [0.1, 0.15) is 0 Å². The number of amides is 3. The molecule has 1 aliphatic carbocycles. The first-order chi connectivity index (χ1) is 14.1. The van der Waals surface area contributed by atoms with Crippen molar-refractivity contribution >= 4 is 44.4 Å². The van der Waals surface area contributed by atoms with Gasteiger partial charge in [-0.2, -0.15) is 0 Å². The molecule has 4 rings (SSSR count). The molecule has 2 aliphatic rings. The van der Waals surface area contributed by atoms with Gasteiger partial charge in [0.05, 0.1) is 22.1 Å². The summed E-state index contributed by atoms with van der Waals surface area (Å²) in [4.78, 5) is 43.2. The van der Waals surface area contributed by atoms with Crippen molar-refractivity contribution in [2.24, 2.45) is 11.8 Å². The number of anilines is 1. The van der Waals surface area contributed by atoms with E-state index in [0.29, 0.717) is 5.13 Å². The third-order valence-corrected chi connectivity index (χ3v) is 6.95. The van der Waals surface area contributed by atoms with Gasteiger partial charge in [0.25, 0.3) is 0 Å². The second-order valence-corrected chi connectivity index (χ2v) is 9.08. The van der Waals surface area contributed by atoms with Crippen LogP contribution in [0.1, 0.15) is 57.4 Å². The molecule has 2 atom stereocenters. The number of hydrogen-bond donors (Lipinski definition) is 1. The van der Waals surface area contributed by atoms with Crippen LogP contribution in [0.15, 0.2) is 18.2 Å². The van der Waals surface area contributed by atoms with Gasteiger partial charge < -0.3 is 5.32 Å². The summed E-state index contributed by atoms with van der Waals surface area (Å²) in [5.41, 5.74) is 2.16. The van der Waals surface area contributed by atoms with Crippen LogP contribution in [0.5, 0.6) is 0 Å². The van der Waals surface area contributed by atoms with Crippen LogP contribution in [0, 0.1) is 11.8 Å². The van der Waals surface area contributed by atoms with Gasteiger partial charge in [0.2, 0.25) is 17.7 Å². The van der Waals surface area contributed by atoms with E-state index in [9.17, 15) is 14.4 Å². The normalized spacial score (nSPS) is 21.6. The number of nitrogens with zero attached hydrogens (tertiary/aromatic N) is 2. The van der Waals surface area contributed by atoms with E-state index in [4.69, 9.17) is 0 Å². The van der Waals surface area contributed by atoms with Gasteiger partial charge in [-0.15, -0.1) is 0 Å². The predicted molar refractivity (Wildman–Crippen MR) is 114 cm³/mol. The van der Waals surface area contributed by atoms with Crippen molar-refractivity contribution in [2.45, 2.75) is 58.3 Å². The molecule has 0 spiro atoms. The van der Waals surface area contributed by atoms with Crippen molar-refractivity contribution in [3.8, 4) is 0 Å². The number of carbonyl (C=O) groups is 3. The molecule has 1 aromatic carbocycles. The zero-order valence-corrected chi connectivity index (χ0v) is 17.6. The van der Waals surface area contributed by atoms with E-state index >= 15 is 0 Å². The number of thiazole rings is 1. The van der Waals surface area contributed by atoms with Crippen LogP contribution >= 0.6 is 11.3 Å². The van der Waals surface area contributed by atoms with Crippen molar-refractivity contribution in [1.82, 2.24) is 9.88 Å². The minimum atomic E-state index is -0.217. The molecule has 1 N–H and O–H groups in total. The number of benzene rings is 1. The molecule has 1 aliphatic heterocycles. The molecular weight excluding hydrogens is 386 g/mol. The molecule has 1 saturated heterocycles. The lowest BCUT2D eigenvalue weighted by Gasteiger charge is -2.19. The number of nitrogens with one attached hydrogen (secondary N) is 1. The molecule has 2 aromatic rings. The van der Waals surface area contributed by atoms with Gasteiger partial charge in [0, 0.05) is 13.0 Å². The van der Waals surface area contributed by atoms with Crippen molar-refractivity contribution in [3.05, 3.63) is 23.8 Å². The molecule has 1 aromatic heterocycles. The van der Waals surface area contributed by atoms with E-state index in [1.54, 1.807) is 0 Å². The Morgan fingerprint density at radius 2 is 1.93 bits per heavy atom. The number of aromatic nitrogens is 1. The van der Waals surface area contributed by atoms with Crippen molar-refractivity contribution < 1.29 is 14.4 Å². The molecule has 6 nitrogen and oxygen atoms in total. The lowest BCUT2D eigenvalue weighted by molar-refractivity contribution is -0.140. The maximum absolute atomic E-state index is 12.5. The van der Waals surface area contributed by atoms with Gasteiger partial charge in [-0.05, 0) is 43.4 Å². The van der Waals surface area contributed by atoms with Gasteiger partial charge in [-0.3, -0.25) is 19.3 Å².